The Morgan fingerprint density at radius 1 is 1.07 bits per heavy atom. The summed E-state index contributed by atoms with van der Waals surface area (Å²) >= 11 is 0. The summed E-state index contributed by atoms with van der Waals surface area (Å²) in [6.45, 7) is 6.17. The number of aliphatic hydroxyl groups excluding tert-OH is 1. The zero-order valence-corrected chi connectivity index (χ0v) is 17.7. The van der Waals surface area contributed by atoms with Crippen LogP contribution in [0.25, 0.3) is 11.3 Å². The number of hydrogen-bond acceptors (Lipinski definition) is 4. The number of hydrogen-bond donors (Lipinski definition) is 2. The number of nitrogens with zero attached hydrogens (tertiary/aromatic N) is 2. The maximum absolute atomic E-state index is 12.5. The number of carbonyl (C=O) groups is 1. The van der Waals surface area contributed by atoms with Gasteiger partial charge in [0.15, 0.2) is 0 Å². The molecule has 2 N–H and O–H groups in total. The lowest BCUT2D eigenvalue weighted by Crippen LogP contribution is -2.32. The normalized spacial score (nSPS) is 10.3. The topological polar surface area (TPSA) is 84.2 Å². The first-order valence-electron chi connectivity index (χ1n) is 10.1. The molecule has 6 nitrogen and oxygen atoms in total. The fraction of sp³-hybridized carbons (Fsp3) is 0.292. The van der Waals surface area contributed by atoms with Crippen LogP contribution >= 0.6 is 0 Å². The second kappa shape index (κ2) is 11.7. The van der Waals surface area contributed by atoms with Gasteiger partial charge >= 0.3 is 0 Å². The highest BCUT2D eigenvalue weighted by atomic mass is 16.3. The lowest BCUT2D eigenvalue weighted by Gasteiger charge is -2.13. The highest BCUT2D eigenvalue weighted by Crippen LogP contribution is 2.15. The molecular formula is C24H29N3O3. The predicted octanol–water partition coefficient (Wildman–Crippen LogP) is 3.29. The van der Waals surface area contributed by atoms with Gasteiger partial charge in [-0.25, -0.2) is 4.98 Å². The molecule has 0 spiro atoms. The van der Waals surface area contributed by atoms with Crippen LogP contribution in [0, 0.1) is 0 Å². The van der Waals surface area contributed by atoms with Gasteiger partial charge in [0.1, 0.15) is 5.82 Å². The highest BCUT2D eigenvalue weighted by molar-refractivity contribution is 5.94. The molecule has 1 aromatic heterocycles. The number of aliphatic hydroxyl groups is 1. The molecule has 1 amide bonds. The van der Waals surface area contributed by atoms with Crippen LogP contribution in [0.5, 0.6) is 0 Å². The zero-order valence-electron chi connectivity index (χ0n) is 17.7. The van der Waals surface area contributed by atoms with Gasteiger partial charge in [-0.15, -0.1) is 0 Å². The number of aromatic nitrogens is 2. The van der Waals surface area contributed by atoms with Crippen molar-refractivity contribution in [2.75, 3.05) is 6.54 Å². The van der Waals surface area contributed by atoms with Crippen molar-refractivity contribution in [3.8, 4) is 11.3 Å². The molecule has 0 atom stereocenters. The molecule has 2 aromatic carbocycles. The molecule has 0 aliphatic carbocycles. The molecule has 6 heteroatoms. The Morgan fingerprint density at radius 3 is 2.20 bits per heavy atom. The summed E-state index contributed by atoms with van der Waals surface area (Å²) in [5.74, 6) is 0.566. The number of benzene rings is 2. The minimum Gasteiger partial charge on any atom is -0.394 e. The first-order chi connectivity index (χ1) is 14.4. The summed E-state index contributed by atoms with van der Waals surface area (Å²) in [7, 11) is 0. The van der Waals surface area contributed by atoms with Gasteiger partial charge in [-0.05, 0) is 26.0 Å². The minimum absolute atomic E-state index is 0.107. The van der Waals surface area contributed by atoms with E-state index in [1.54, 1.807) is 36.6 Å². The maximum Gasteiger partial charge on any atom is 0.254 e. The standard InChI is InChI=1S/C21H21N3O2.C3H8O/c1-2-19-23-18(16-9-5-3-6-10-16)15-20(25)24(19)14-13-22-21(26)17-11-7-4-8-12-17;1-3(2)4/h3-12,15H,2,13-14H2,1H3,(H,22,26);3-4H,1-2H3. The van der Waals surface area contributed by atoms with Gasteiger partial charge < -0.3 is 10.4 Å². The Labute approximate surface area is 177 Å². The summed E-state index contributed by atoms with van der Waals surface area (Å²) in [6.07, 6.45) is 0.475. The Bertz CT molecular complexity index is 981. The number of rotatable bonds is 6. The van der Waals surface area contributed by atoms with Crippen LogP contribution in [0.3, 0.4) is 0 Å². The molecule has 0 radical (unpaired) electrons. The largest absolute Gasteiger partial charge is 0.394 e. The van der Waals surface area contributed by atoms with E-state index in [9.17, 15) is 9.59 Å². The van der Waals surface area contributed by atoms with E-state index in [4.69, 9.17) is 5.11 Å². The average molecular weight is 408 g/mol. The zero-order chi connectivity index (χ0) is 21.9. The van der Waals surface area contributed by atoms with E-state index < -0.39 is 0 Å². The van der Waals surface area contributed by atoms with E-state index in [1.807, 2.05) is 55.5 Å². The van der Waals surface area contributed by atoms with Crippen molar-refractivity contribution < 1.29 is 9.90 Å². The van der Waals surface area contributed by atoms with Crippen LogP contribution in [0.1, 0.15) is 37.0 Å². The summed E-state index contributed by atoms with van der Waals surface area (Å²) < 4.78 is 1.62. The lowest BCUT2D eigenvalue weighted by atomic mass is 10.1. The molecule has 3 rings (SSSR count). The monoisotopic (exact) mass is 407 g/mol. The third-order valence-electron chi connectivity index (χ3n) is 4.13. The van der Waals surface area contributed by atoms with Crippen LogP contribution in [-0.4, -0.2) is 33.2 Å². The SMILES string of the molecule is CC(C)O.CCc1nc(-c2ccccc2)cc(=O)n1CCNC(=O)c1ccccc1. The first kappa shape index (κ1) is 23.0. The van der Waals surface area contributed by atoms with Crippen LogP contribution in [-0.2, 0) is 13.0 Å². The van der Waals surface area contributed by atoms with Crippen LogP contribution in [0.4, 0.5) is 0 Å². The molecule has 0 aliphatic rings. The predicted molar refractivity (Wildman–Crippen MR) is 119 cm³/mol. The number of nitrogens with one attached hydrogen (secondary N) is 1. The summed E-state index contributed by atoms with van der Waals surface area (Å²) in [4.78, 5) is 29.3. The molecule has 0 saturated heterocycles. The summed E-state index contributed by atoms with van der Waals surface area (Å²) in [5.41, 5.74) is 2.10. The highest BCUT2D eigenvalue weighted by Gasteiger charge is 2.10. The molecule has 0 bridgehead atoms. The van der Waals surface area contributed by atoms with E-state index in [0.29, 0.717) is 36.6 Å². The van der Waals surface area contributed by atoms with E-state index in [-0.39, 0.29) is 17.6 Å². The number of aryl methyl sites for hydroxylation is 1. The van der Waals surface area contributed by atoms with Gasteiger partial charge in [-0.2, -0.15) is 0 Å². The Balaban J connectivity index is 0.000000735. The first-order valence-corrected chi connectivity index (χ1v) is 10.1. The number of carbonyl (C=O) groups excluding carboxylic acids is 1. The van der Waals surface area contributed by atoms with Gasteiger partial charge in [0.2, 0.25) is 0 Å². The Kier molecular flexibility index (Phi) is 8.97. The third-order valence-corrected chi connectivity index (χ3v) is 4.13. The fourth-order valence-corrected chi connectivity index (χ4v) is 2.79. The van der Waals surface area contributed by atoms with Gasteiger partial charge in [-0.1, -0.05) is 55.5 Å². The molecule has 1 heterocycles. The van der Waals surface area contributed by atoms with Gasteiger partial charge in [0.05, 0.1) is 5.69 Å². The molecule has 30 heavy (non-hydrogen) atoms. The molecular weight excluding hydrogens is 378 g/mol. The van der Waals surface area contributed by atoms with Gasteiger partial charge in [0.25, 0.3) is 11.5 Å². The van der Waals surface area contributed by atoms with Crippen LogP contribution < -0.4 is 10.9 Å². The van der Waals surface area contributed by atoms with E-state index in [2.05, 4.69) is 10.3 Å². The smallest absolute Gasteiger partial charge is 0.254 e. The fourth-order valence-electron chi connectivity index (χ4n) is 2.79. The van der Waals surface area contributed by atoms with E-state index >= 15 is 0 Å². The molecule has 0 saturated carbocycles. The lowest BCUT2D eigenvalue weighted by molar-refractivity contribution is 0.0952. The number of amides is 1. The van der Waals surface area contributed by atoms with Gasteiger partial charge in [0, 0.05) is 42.8 Å². The van der Waals surface area contributed by atoms with E-state index in [0.717, 1.165) is 5.56 Å². The maximum atomic E-state index is 12.5. The van der Waals surface area contributed by atoms with Crippen molar-refractivity contribution in [2.24, 2.45) is 0 Å². The van der Waals surface area contributed by atoms with Crippen molar-refractivity contribution in [3.05, 3.63) is 88.5 Å². The second-order valence-corrected chi connectivity index (χ2v) is 6.98. The van der Waals surface area contributed by atoms with Crippen LogP contribution in [0.2, 0.25) is 0 Å². The molecule has 158 valence electrons. The van der Waals surface area contributed by atoms with E-state index in [1.165, 1.54) is 0 Å². The van der Waals surface area contributed by atoms with Crippen molar-refractivity contribution in [2.45, 2.75) is 39.8 Å². The van der Waals surface area contributed by atoms with Crippen LogP contribution in [0.15, 0.2) is 71.5 Å². The van der Waals surface area contributed by atoms with Crippen molar-refractivity contribution in [1.29, 1.82) is 0 Å². The quantitative estimate of drug-likeness (QED) is 0.657. The summed E-state index contributed by atoms with van der Waals surface area (Å²) in [6, 6.07) is 20.2. The Morgan fingerprint density at radius 2 is 1.63 bits per heavy atom. The average Bonchev–Trinajstić information content (AvgIpc) is 2.75. The molecule has 0 unspecified atom stereocenters. The van der Waals surface area contributed by atoms with Crippen molar-refractivity contribution in [3.63, 3.8) is 0 Å². The minimum atomic E-state index is -0.167. The third kappa shape index (κ3) is 6.97. The summed E-state index contributed by atoms with van der Waals surface area (Å²) in [5, 5.41) is 10.9. The molecule has 0 fully saturated rings. The molecule has 0 aliphatic heterocycles. The Hall–Kier alpha value is -3.25. The van der Waals surface area contributed by atoms with Gasteiger partial charge in [-0.3, -0.25) is 14.2 Å². The van der Waals surface area contributed by atoms with Crippen molar-refractivity contribution >= 4 is 5.91 Å². The molecule has 3 aromatic rings. The second-order valence-electron chi connectivity index (χ2n) is 6.98. The van der Waals surface area contributed by atoms with Crippen molar-refractivity contribution in [1.82, 2.24) is 14.9 Å².